The van der Waals surface area contributed by atoms with E-state index in [4.69, 9.17) is 5.73 Å². The van der Waals surface area contributed by atoms with Gasteiger partial charge in [-0.25, -0.2) is 4.98 Å². The van der Waals surface area contributed by atoms with Crippen LogP contribution in [0.1, 0.15) is 18.4 Å². The molecule has 2 aromatic rings. The van der Waals surface area contributed by atoms with Crippen LogP contribution >= 0.6 is 0 Å². The van der Waals surface area contributed by atoms with Crippen LogP contribution in [0.4, 0.5) is 0 Å². The zero-order valence-corrected chi connectivity index (χ0v) is 9.35. The second-order valence-electron chi connectivity index (χ2n) is 4.56. The minimum atomic E-state index is -0.109. The van der Waals surface area contributed by atoms with Crippen molar-refractivity contribution in [2.75, 3.05) is 0 Å². The van der Waals surface area contributed by atoms with Crippen molar-refractivity contribution in [1.82, 2.24) is 9.55 Å². The zero-order valence-electron chi connectivity index (χ0n) is 9.35. The Morgan fingerprint density at radius 3 is 2.69 bits per heavy atom. The molecule has 0 atom stereocenters. The molecular formula is C13H15N3. The van der Waals surface area contributed by atoms with Crippen LogP contribution in [0.2, 0.25) is 0 Å². The molecule has 0 aliphatic heterocycles. The molecule has 3 heteroatoms. The van der Waals surface area contributed by atoms with Crippen LogP contribution in [-0.2, 0) is 12.6 Å². The van der Waals surface area contributed by atoms with Crippen molar-refractivity contribution >= 4 is 0 Å². The predicted octanol–water partition coefficient (Wildman–Crippen LogP) is 2.03. The lowest BCUT2D eigenvalue weighted by atomic mass is 9.98. The Balaban J connectivity index is 2.18. The van der Waals surface area contributed by atoms with E-state index in [1.807, 2.05) is 30.1 Å². The first-order valence-electron chi connectivity index (χ1n) is 5.57. The van der Waals surface area contributed by atoms with Gasteiger partial charge >= 0.3 is 0 Å². The van der Waals surface area contributed by atoms with Crippen molar-refractivity contribution in [3.8, 4) is 11.4 Å². The van der Waals surface area contributed by atoms with E-state index in [0.717, 1.165) is 24.2 Å². The van der Waals surface area contributed by atoms with Gasteiger partial charge in [-0.1, -0.05) is 24.3 Å². The van der Waals surface area contributed by atoms with Crippen molar-refractivity contribution in [3.05, 3.63) is 42.2 Å². The maximum atomic E-state index is 6.29. The molecule has 82 valence electrons. The molecule has 0 saturated heterocycles. The monoisotopic (exact) mass is 213 g/mol. The summed E-state index contributed by atoms with van der Waals surface area (Å²) in [4.78, 5) is 4.40. The van der Waals surface area contributed by atoms with Gasteiger partial charge in [0, 0.05) is 30.5 Å². The molecule has 1 fully saturated rings. The van der Waals surface area contributed by atoms with E-state index in [0.29, 0.717) is 0 Å². The minimum Gasteiger partial charge on any atom is -0.334 e. The fraction of sp³-hybridized carbons (Fsp3) is 0.308. The molecule has 1 aliphatic carbocycles. The van der Waals surface area contributed by atoms with Gasteiger partial charge in [-0.3, -0.25) is 0 Å². The standard InChI is InChI=1S/C13H15N3/c1-16-9-8-15-12(16)10-4-2-3-5-11(10)13(14)6-7-13/h2-5,8-9H,6-7,14H2,1H3. The summed E-state index contributed by atoms with van der Waals surface area (Å²) < 4.78 is 2.03. The number of imidazole rings is 1. The maximum Gasteiger partial charge on any atom is 0.139 e. The number of benzene rings is 1. The second kappa shape index (κ2) is 3.19. The molecular weight excluding hydrogens is 198 g/mol. The van der Waals surface area contributed by atoms with Gasteiger partial charge in [0.2, 0.25) is 0 Å². The van der Waals surface area contributed by atoms with Crippen LogP contribution in [0.5, 0.6) is 0 Å². The number of nitrogens with zero attached hydrogens (tertiary/aromatic N) is 2. The van der Waals surface area contributed by atoms with Gasteiger partial charge in [-0.05, 0) is 18.4 Å². The molecule has 0 bridgehead atoms. The molecule has 0 amide bonds. The Hall–Kier alpha value is -1.61. The van der Waals surface area contributed by atoms with Crippen LogP contribution in [0.3, 0.4) is 0 Å². The highest BCUT2D eigenvalue weighted by Crippen LogP contribution is 2.45. The van der Waals surface area contributed by atoms with Gasteiger partial charge in [-0.2, -0.15) is 0 Å². The molecule has 16 heavy (non-hydrogen) atoms. The Morgan fingerprint density at radius 2 is 2.06 bits per heavy atom. The van der Waals surface area contributed by atoms with E-state index in [2.05, 4.69) is 23.2 Å². The largest absolute Gasteiger partial charge is 0.334 e. The molecule has 1 aromatic carbocycles. The van der Waals surface area contributed by atoms with Gasteiger partial charge in [0.05, 0.1) is 0 Å². The molecule has 1 aliphatic rings. The fourth-order valence-electron chi connectivity index (χ4n) is 2.14. The molecule has 0 radical (unpaired) electrons. The second-order valence-corrected chi connectivity index (χ2v) is 4.56. The van der Waals surface area contributed by atoms with Gasteiger partial charge in [0.25, 0.3) is 0 Å². The van der Waals surface area contributed by atoms with E-state index in [1.165, 1.54) is 5.56 Å². The van der Waals surface area contributed by atoms with Crippen LogP contribution in [0.15, 0.2) is 36.7 Å². The summed E-state index contributed by atoms with van der Waals surface area (Å²) in [6, 6.07) is 8.32. The summed E-state index contributed by atoms with van der Waals surface area (Å²) >= 11 is 0. The van der Waals surface area contributed by atoms with E-state index < -0.39 is 0 Å². The Morgan fingerprint density at radius 1 is 1.31 bits per heavy atom. The van der Waals surface area contributed by atoms with Gasteiger partial charge in [0.15, 0.2) is 0 Å². The summed E-state index contributed by atoms with van der Waals surface area (Å²) in [5.74, 6) is 0.993. The normalized spacial score (nSPS) is 17.4. The highest BCUT2D eigenvalue weighted by Gasteiger charge is 2.41. The maximum absolute atomic E-state index is 6.29. The third-order valence-corrected chi connectivity index (χ3v) is 3.31. The topological polar surface area (TPSA) is 43.8 Å². The van der Waals surface area contributed by atoms with Crippen molar-refractivity contribution in [2.45, 2.75) is 18.4 Å². The lowest BCUT2D eigenvalue weighted by Gasteiger charge is -2.14. The average molecular weight is 213 g/mol. The van der Waals surface area contributed by atoms with E-state index >= 15 is 0 Å². The molecule has 0 unspecified atom stereocenters. The van der Waals surface area contributed by atoms with E-state index in [9.17, 15) is 0 Å². The summed E-state index contributed by atoms with van der Waals surface area (Å²) in [5, 5.41) is 0. The molecule has 2 N–H and O–H groups in total. The van der Waals surface area contributed by atoms with Crippen LogP contribution in [0, 0.1) is 0 Å². The number of hydrogen-bond acceptors (Lipinski definition) is 2. The first-order valence-corrected chi connectivity index (χ1v) is 5.57. The van der Waals surface area contributed by atoms with Crippen LogP contribution < -0.4 is 5.73 Å². The number of nitrogens with two attached hydrogens (primary N) is 1. The van der Waals surface area contributed by atoms with Gasteiger partial charge in [0.1, 0.15) is 5.82 Å². The third kappa shape index (κ3) is 1.36. The quantitative estimate of drug-likeness (QED) is 0.829. The summed E-state index contributed by atoms with van der Waals surface area (Å²) in [6.45, 7) is 0. The SMILES string of the molecule is Cn1ccnc1-c1ccccc1C1(N)CC1. The predicted molar refractivity (Wildman–Crippen MR) is 63.7 cm³/mol. The molecule has 3 rings (SSSR count). The first kappa shape index (κ1) is 9.60. The number of aryl methyl sites for hydroxylation is 1. The summed E-state index contributed by atoms with van der Waals surface area (Å²) in [5.41, 5.74) is 8.57. The Kier molecular flexibility index (Phi) is 1.91. The average Bonchev–Trinajstić information content (AvgIpc) is 2.89. The molecule has 3 nitrogen and oxygen atoms in total. The molecule has 0 spiro atoms. The minimum absolute atomic E-state index is 0.109. The van der Waals surface area contributed by atoms with Gasteiger partial charge in [-0.15, -0.1) is 0 Å². The number of rotatable bonds is 2. The smallest absolute Gasteiger partial charge is 0.139 e. The highest BCUT2D eigenvalue weighted by molar-refractivity contribution is 5.63. The number of hydrogen-bond donors (Lipinski definition) is 1. The van der Waals surface area contributed by atoms with Crippen molar-refractivity contribution in [3.63, 3.8) is 0 Å². The van der Waals surface area contributed by atoms with Crippen molar-refractivity contribution < 1.29 is 0 Å². The number of aromatic nitrogens is 2. The Bertz CT molecular complexity index is 523. The molecule has 1 aromatic heterocycles. The van der Waals surface area contributed by atoms with E-state index in [-0.39, 0.29) is 5.54 Å². The van der Waals surface area contributed by atoms with E-state index in [1.54, 1.807) is 0 Å². The summed E-state index contributed by atoms with van der Waals surface area (Å²) in [6.07, 6.45) is 5.94. The fourth-order valence-corrected chi connectivity index (χ4v) is 2.14. The van der Waals surface area contributed by atoms with Crippen molar-refractivity contribution in [2.24, 2.45) is 12.8 Å². The lowest BCUT2D eigenvalue weighted by Crippen LogP contribution is -2.20. The van der Waals surface area contributed by atoms with Crippen LogP contribution in [-0.4, -0.2) is 9.55 Å². The van der Waals surface area contributed by atoms with Crippen LogP contribution in [0.25, 0.3) is 11.4 Å². The lowest BCUT2D eigenvalue weighted by molar-refractivity contribution is 0.739. The Labute approximate surface area is 94.9 Å². The first-order chi connectivity index (χ1) is 7.71. The van der Waals surface area contributed by atoms with Gasteiger partial charge < -0.3 is 10.3 Å². The zero-order chi connectivity index (χ0) is 11.2. The molecule has 1 saturated carbocycles. The molecule has 1 heterocycles. The third-order valence-electron chi connectivity index (χ3n) is 3.31. The van der Waals surface area contributed by atoms with Crippen molar-refractivity contribution in [1.29, 1.82) is 0 Å². The highest BCUT2D eigenvalue weighted by atomic mass is 15.0. The summed E-state index contributed by atoms with van der Waals surface area (Å²) in [7, 11) is 2.01.